The molecule has 0 aliphatic carbocycles. The third-order valence-corrected chi connectivity index (χ3v) is 2.60. The van der Waals surface area contributed by atoms with Gasteiger partial charge >= 0.3 is 6.03 Å². The highest BCUT2D eigenvalue weighted by Gasteiger charge is 2.11. The standard InChI is InChI=1S/C13H26N2O2/c1-4-6-10-15(11-7-5-2)13(17)14-9-8-12(3)16/h4-11H2,1-3H3,(H,14,17). The summed E-state index contributed by atoms with van der Waals surface area (Å²) in [4.78, 5) is 24.5. The van der Waals surface area contributed by atoms with Crippen molar-refractivity contribution in [2.75, 3.05) is 19.6 Å². The fraction of sp³-hybridized carbons (Fsp3) is 0.846. The molecule has 0 spiro atoms. The fourth-order valence-electron chi connectivity index (χ4n) is 1.47. The second-order valence-electron chi connectivity index (χ2n) is 4.38. The third-order valence-electron chi connectivity index (χ3n) is 2.60. The van der Waals surface area contributed by atoms with Gasteiger partial charge in [-0.05, 0) is 19.8 Å². The van der Waals surface area contributed by atoms with Crippen LogP contribution < -0.4 is 5.32 Å². The van der Waals surface area contributed by atoms with Crippen LogP contribution in [0.5, 0.6) is 0 Å². The summed E-state index contributed by atoms with van der Waals surface area (Å²) in [6, 6.07) is -0.0341. The van der Waals surface area contributed by atoms with Gasteiger partial charge in [0.2, 0.25) is 0 Å². The number of hydrogen-bond donors (Lipinski definition) is 1. The number of carbonyl (C=O) groups is 2. The normalized spacial score (nSPS) is 10.1. The molecule has 0 aromatic carbocycles. The lowest BCUT2D eigenvalue weighted by Crippen LogP contribution is -2.41. The van der Waals surface area contributed by atoms with E-state index in [2.05, 4.69) is 19.2 Å². The minimum Gasteiger partial charge on any atom is -0.338 e. The topological polar surface area (TPSA) is 49.4 Å². The minimum absolute atomic E-state index is 0.0341. The van der Waals surface area contributed by atoms with Crippen molar-refractivity contribution >= 4 is 11.8 Å². The van der Waals surface area contributed by atoms with E-state index >= 15 is 0 Å². The minimum atomic E-state index is -0.0341. The molecule has 4 heteroatoms. The van der Waals surface area contributed by atoms with Crippen molar-refractivity contribution in [3.05, 3.63) is 0 Å². The SMILES string of the molecule is CCCCN(CCCC)C(=O)NCCC(C)=O. The van der Waals surface area contributed by atoms with Crippen LogP contribution >= 0.6 is 0 Å². The smallest absolute Gasteiger partial charge is 0.317 e. The predicted octanol–water partition coefficient (Wildman–Crippen LogP) is 2.58. The van der Waals surface area contributed by atoms with Crippen LogP contribution in [-0.2, 0) is 4.79 Å². The summed E-state index contributed by atoms with van der Waals surface area (Å²) in [6.07, 6.45) is 4.65. The average Bonchev–Trinajstić information content (AvgIpc) is 2.28. The second-order valence-corrected chi connectivity index (χ2v) is 4.38. The van der Waals surface area contributed by atoms with Gasteiger partial charge in [0, 0.05) is 26.1 Å². The van der Waals surface area contributed by atoms with Gasteiger partial charge in [0.15, 0.2) is 0 Å². The van der Waals surface area contributed by atoms with E-state index in [1.54, 1.807) is 0 Å². The van der Waals surface area contributed by atoms with Crippen molar-refractivity contribution in [2.45, 2.75) is 52.9 Å². The van der Waals surface area contributed by atoms with Gasteiger partial charge in [-0.3, -0.25) is 4.79 Å². The van der Waals surface area contributed by atoms with Gasteiger partial charge < -0.3 is 10.2 Å². The monoisotopic (exact) mass is 242 g/mol. The van der Waals surface area contributed by atoms with Gasteiger partial charge in [-0.1, -0.05) is 26.7 Å². The van der Waals surface area contributed by atoms with Crippen molar-refractivity contribution in [1.82, 2.24) is 10.2 Å². The maximum atomic E-state index is 11.8. The predicted molar refractivity (Wildman–Crippen MR) is 70.1 cm³/mol. The Morgan fingerprint density at radius 2 is 1.59 bits per heavy atom. The Labute approximate surface area is 105 Å². The first-order valence-corrected chi connectivity index (χ1v) is 6.64. The molecule has 0 aliphatic rings. The molecule has 0 aromatic rings. The molecule has 0 aliphatic heterocycles. The van der Waals surface area contributed by atoms with E-state index in [1.807, 2.05) is 4.90 Å². The molecule has 0 unspecified atom stereocenters. The lowest BCUT2D eigenvalue weighted by molar-refractivity contribution is -0.116. The number of carbonyl (C=O) groups excluding carboxylic acids is 2. The third kappa shape index (κ3) is 8.72. The number of amides is 2. The average molecular weight is 242 g/mol. The van der Waals surface area contributed by atoms with Crippen LogP contribution in [-0.4, -0.2) is 36.3 Å². The number of hydrogen-bond acceptors (Lipinski definition) is 2. The van der Waals surface area contributed by atoms with Gasteiger partial charge in [-0.25, -0.2) is 4.79 Å². The zero-order valence-corrected chi connectivity index (χ0v) is 11.4. The summed E-state index contributed by atoms with van der Waals surface area (Å²) in [5.41, 5.74) is 0. The van der Waals surface area contributed by atoms with E-state index in [0.29, 0.717) is 13.0 Å². The summed E-state index contributed by atoms with van der Waals surface area (Å²) in [6.45, 7) is 7.84. The Morgan fingerprint density at radius 1 is 1.06 bits per heavy atom. The fourth-order valence-corrected chi connectivity index (χ4v) is 1.47. The molecule has 1 N–H and O–H groups in total. The molecular formula is C13H26N2O2. The van der Waals surface area contributed by atoms with E-state index in [4.69, 9.17) is 0 Å². The second kappa shape index (κ2) is 10.1. The summed E-state index contributed by atoms with van der Waals surface area (Å²) in [7, 11) is 0. The van der Waals surface area contributed by atoms with Crippen LogP contribution in [0.3, 0.4) is 0 Å². The van der Waals surface area contributed by atoms with Gasteiger partial charge in [0.1, 0.15) is 5.78 Å². The van der Waals surface area contributed by atoms with Crippen LogP contribution in [0.1, 0.15) is 52.9 Å². The molecule has 0 fully saturated rings. The molecule has 0 radical (unpaired) electrons. The van der Waals surface area contributed by atoms with Crippen LogP contribution in [0, 0.1) is 0 Å². The van der Waals surface area contributed by atoms with Gasteiger partial charge in [-0.2, -0.15) is 0 Å². The number of rotatable bonds is 9. The molecule has 17 heavy (non-hydrogen) atoms. The maximum Gasteiger partial charge on any atom is 0.317 e. The zero-order valence-electron chi connectivity index (χ0n) is 11.4. The first kappa shape index (κ1) is 15.9. The first-order valence-electron chi connectivity index (χ1n) is 6.64. The molecular weight excluding hydrogens is 216 g/mol. The molecule has 0 atom stereocenters. The molecule has 0 saturated heterocycles. The van der Waals surface area contributed by atoms with Gasteiger partial charge in [0.25, 0.3) is 0 Å². The van der Waals surface area contributed by atoms with Crippen molar-refractivity contribution in [2.24, 2.45) is 0 Å². The lowest BCUT2D eigenvalue weighted by atomic mass is 10.2. The number of nitrogens with one attached hydrogen (secondary N) is 1. The van der Waals surface area contributed by atoms with Gasteiger partial charge in [-0.15, -0.1) is 0 Å². The Morgan fingerprint density at radius 3 is 2.00 bits per heavy atom. The summed E-state index contributed by atoms with van der Waals surface area (Å²) < 4.78 is 0. The van der Waals surface area contributed by atoms with Crippen LogP contribution in [0.25, 0.3) is 0 Å². The number of nitrogens with zero attached hydrogens (tertiary/aromatic N) is 1. The molecule has 2 amide bonds. The number of Topliss-reactive ketones (excluding diaryl/α,β-unsaturated/α-hetero) is 1. The van der Waals surface area contributed by atoms with Crippen molar-refractivity contribution in [3.63, 3.8) is 0 Å². The number of unbranched alkanes of at least 4 members (excludes halogenated alkanes) is 2. The highest BCUT2D eigenvalue weighted by Crippen LogP contribution is 1.99. The van der Waals surface area contributed by atoms with Crippen molar-refractivity contribution in [1.29, 1.82) is 0 Å². The van der Waals surface area contributed by atoms with E-state index < -0.39 is 0 Å². The lowest BCUT2D eigenvalue weighted by Gasteiger charge is -2.22. The van der Waals surface area contributed by atoms with Gasteiger partial charge in [0.05, 0.1) is 0 Å². The highest BCUT2D eigenvalue weighted by atomic mass is 16.2. The Hall–Kier alpha value is -1.06. The van der Waals surface area contributed by atoms with E-state index in [9.17, 15) is 9.59 Å². The highest BCUT2D eigenvalue weighted by molar-refractivity contribution is 5.77. The van der Waals surface area contributed by atoms with Crippen molar-refractivity contribution in [3.8, 4) is 0 Å². The quantitative estimate of drug-likeness (QED) is 0.675. The summed E-state index contributed by atoms with van der Waals surface area (Å²) >= 11 is 0. The van der Waals surface area contributed by atoms with Crippen LogP contribution in [0.4, 0.5) is 4.79 Å². The Balaban J connectivity index is 3.97. The van der Waals surface area contributed by atoms with E-state index in [0.717, 1.165) is 38.8 Å². The molecule has 0 rings (SSSR count). The maximum absolute atomic E-state index is 11.8. The zero-order chi connectivity index (χ0) is 13.1. The molecule has 0 bridgehead atoms. The van der Waals surface area contributed by atoms with Crippen molar-refractivity contribution < 1.29 is 9.59 Å². The molecule has 0 aromatic heterocycles. The molecule has 4 nitrogen and oxygen atoms in total. The summed E-state index contributed by atoms with van der Waals surface area (Å²) in [5.74, 6) is 0.110. The number of ketones is 1. The van der Waals surface area contributed by atoms with E-state index in [1.165, 1.54) is 6.92 Å². The molecule has 0 heterocycles. The largest absolute Gasteiger partial charge is 0.338 e. The Kier molecular flexibility index (Phi) is 9.49. The first-order chi connectivity index (χ1) is 8.11. The molecule has 0 saturated carbocycles. The summed E-state index contributed by atoms with van der Waals surface area (Å²) in [5, 5.41) is 2.80. The van der Waals surface area contributed by atoms with Crippen LogP contribution in [0.2, 0.25) is 0 Å². The molecule has 100 valence electrons. The number of urea groups is 1. The van der Waals surface area contributed by atoms with Crippen LogP contribution in [0.15, 0.2) is 0 Å². The van der Waals surface area contributed by atoms with E-state index in [-0.39, 0.29) is 11.8 Å². The Bertz CT molecular complexity index is 221.